The van der Waals surface area contributed by atoms with E-state index in [1.165, 1.54) is 24.6 Å². The average molecular weight is 676 g/mol. The van der Waals surface area contributed by atoms with Crippen LogP contribution in [0.25, 0.3) is 11.0 Å². The summed E-state index contributed by atoms with van der Waals surface area (Å²) >= 11 is 0. The quantitative estimate of drug-likeness (QED) is 0.0928. The number of esters is 3. The van der Waals surface area contributed by atoms with E-state index >= 15 is 0 Å². The number of halogens is 1. The second-order valence-corrected chi connectivity index (χ2v) is 12.6. The Morgan fingerprint density at radius 2 is 1.63 bits per heavy atom. The van der Waals surface area contributed by atoms with Gasteiger partial charge in [0.25, 0.3) is 11.8 Å². The molecule has 0 unspecified atom stereocenters. The number of hydrogen-bond donors (Lipinski definition) is 0. The van der Waals surface area contributed by atoms with Crippen LogP contribution >= 0.6 is 0 Å². The summed E-state index contributed by atoms with van der Waals surface area (Å²) in [5, 5.41) is 4.97. The molecule has 0 saturated carbocycles. The Labute approximate surface area is 282 Å². The van der Waals surface area contributed by atoms with E-state index in [9.17, 15) is 28.4 Å². The van der Waals surface area contributed by atoms with Crippen molar-refractivity contribution in [3.63, 3.8) is 0 Å². The molecular weight excluding hydrogens is 637 g/mol. The van der Waals surface area contributed by atoms with Crippen LogP contribution in [0.2, 0.25) is 0 Å². The predicted molar refractivity (Wildman–Crippen MR) is 173 cm³/mol. The van der Waals surface area contributed by atoms with Gasteiger partial charge in [0.2, 0.25) is 5.75 Å². The lowest BCUT2D eigenvalue weighted by molar-refractivity contribution is -0.136. The number of carbonyl (C=O) groups is 5. The Balaban J connectivity index is 1.13. The number of ether oxygens (including phenoxy) is 3. The molecule has 3 aromatic rings. The highest BCUT2D eigenvalue weighted by atomic mass is 19.1. The zero-order chi connectivity index (χ0) is 34.5. The third-order valence-electron chi connectivity index (χ3n) is 9.18. The maximum atomic E-state index is 13.7. The molecule has 0 aliphatic carbocycles. The number of nitrogens with zero attached hydrogens (tertiary/aromatic N) is 3. The minimum Gasteiger partial charge on any atom is -0.419 e. The minimum atomic E-state index is -1.01. The fourth-order valence-corrected chi connectivity index (χ4v) is 6.54. The number of likely N-dealkylation sites (tertiary alicyclic amines) is 1. The van der Waals surface area contributed by atoms with E-state index in [0.29, 0.717) is 31.6 Å². The Morgan fingerprint density at radius 3 is 2.39 bits per heavy atom. The predicted octanol–water partition coefficient (Wildman–Crippen LogP) is 5.87. The molecule has 0 N–H and O–H groups in total. The van der Waals surface area contributed by atoms with Gasteiger partial charge in [-0.3, -0.25) is 19.3 Å². The number of imide groups is 1. The summed E-state index contributed by atoms with van der Waals surface area (Å²) < 4.78 is 35.3. The van der Waals surface area contributed by atoms with Gasteiger partial charge in [-0.05, 0) is 50.6 Å². The summed E-state index contributed by atoms with van der Waals surface area (Å²) in [5.41, 5.74) is 0.826. The largest absolute Gasteiger partial charge is 0.419 e. The van der Waals surface area contributed by atoms with Crippen molar-refractivity contribution in [3.8, 4) is 17.2 Å². The van der Waals surface area contributed by atoms with E-state index in [0.717, 1.165) is 73.1 Å². The zero-order valence-corrected chi connectivity index (χ0v) is 27.3. The highest BCUT2D eigenvalue weighted by Gasteiger charge is 2.43. The molecule has 4 heterocycles. The monoisotopic (exact) mass is 675 g/mol. The highest BCUT2D eigenvalue weighted by molar-refractivity contribution is 6.23. The molecule has 1 aromatic heterocycles. The smallest absolute Gasteiger partial charge is 0.336 e. The molecular formula is C36H38FN3O9. The van der Waals surface area contributed by atoms with Gasteiger partial charge in [0, 0.05) is 49.0 Å². The van der Waals surface area contributed by atoms with Gasteiger partial charge in [-0.2, -0.15) is 0 Å². The van der Waals surface area contributed by atoms with Crippen LogP contribution in [0.5, 0.6) is 17.2 Å². The van der Waals surface area contributed by atoms with Crippen molar-refractivity contribution < 1.29 is 47.1 Å². The number of carbonyl (C=O) groups excluding carboxylic acids is 5. The third kappa shape index (κ3) is 7.56. The van der Waals surface area contributed by atoms with Crippen molar-refractivity contribution in [3.05, 3.63) is 59.1 Å². The number of unbranched alkanes of at least 4 members (excludes halogenated alkanes) is 6. The topological polar surface area (TPSA) is 146 Å². The van der Waals surface area contributed by atoms with E-state index in [-0.39, 0.29) is 35.8 Å². The van der Waals surface area contributed by atoms with E-state index in [2.05, 4.69) is 17.0 Å². The molecule has 0 radical (unpaired) electrons. The number of aromatic nitrogens is 1. The second-order valence-electron chi connectivity index (χ2n) is 12.6. The van der Waals surface area contributed by atoms with Gasteiger partial charge in [0.1, 0.15) is 5.82 Å². The van der Waals surface area contributed by atoms with Gasteiger partial charge < -0.3 is 23.6 Å². The molecule has 13 heteroatoms. The van der Waals surface area contributed by atoms with E-state index in [4.69, 9.17) is 18.7 Å². The lowest BCUT2D eigenvalue weighted by Gasteiger charge is -2.32. The molecule has 49 heavy (non-hydrogen) atoms. The van der Waals surface area contributed by atoms with Crippen LogP contribution in [-0.4, -0.2) is 70.9 Å². The molecule has 0 atom stereocenters. The molecule has 0 spiro atoms. The van der Waals surface area contributed by atoms with Gasteiger partial charge >= 0.3 is 17.9 Å². The highest BCUT2D eigenvalue weighted by Crippen LogP contribution is 2.46. The zero-order valence-electron chi connectivity index (χ0n) is 27.3. The van der Waals surface area contributed by atoms with Crippen LogP contribution in [0.4, 0.5) is 4.39 Å². The molecule has 2 aromatic carbocycles. The van der Waals surface area contributed by atoms with Crippen molar-refractivity contribution in [2.45, 2.75) is 77.0 Å². The lowest BCUT2D eigenvalue weighted by Crippen LogP contribution is -2.41. The van der Waals surface area contributed by atoms with E-state index < -0.39 is 47.0 Å². The molecule has 3 aliphatic rings. The van der Waals surface area contributed by atoms with Crippen LogP contribution in [0.3, 0.4) is 0 Å². The fraction of sp³-hybridized carbons (Fsp3) is 0.444. The van der Waals surface area contributed by atoms with Crippen LogP contribution in [0, 0.1) is 5.82 Å². The van der Waals surface area contributed by atoms with Crippen LogP contribution < -0.4 is 14.2 Å². The number of benzene rings is 2. The first-order valence-electron chi connectivity index (χ1n) is 16.9. The third-order valence-corrected chi connectivity index (χ3v) is 9.18. The molecule has 1 fully saturated rings. The van der Waals surface area contributed by atoms with Crippen LogP contribution in [-0.2, 0) is 14.4 Å². The SMILES string of the molecule is CCCCCCCCCC(=O)Oc1c2cc3c(c1OC(=O)/C=C/C(=O)O2)C(=O)N(CCN1CCC(c2noc4cc(F)ccc24)CC1)C3=O. The van der Waals surface area contributed by atoms with E-state index in [1.54, 1.807) is 6.07 Å². The van der Waals surface area contributed by atoms with Gasteiger partial charge in [-0.25, -0.2) is 14.0 Å². The summed E-state index contributed by atoms with van der Waals surface area (Å²) in [6, 6.07) is 5.55. The summed E-state index contributed by atoms with van der Waals surface area (Å²) in [6.45, 7) is 3.89. The van der Waals surface area contributed by atoms with Crippen molar-refractivity contribution in [1.29, 1.82) is 0 Å². The van der Waals surface area contributed by atoms with Crippen molar-refractivity contribution >= 4 is 40.7 Å². The fourth-order valence-electron chi connectivity index (χ4n) is 6.54. The summed E-state index contributed by atoms with van der Waals surface area (Å²) in [5.74, 6) is -5.40. The maximum Gasteiger partial charge on any atom is 0.336 e. The van der Waals surface area contributed by atoms with Crippen molar-refractivity contribution in [2.75, 3.05) is 26.2 Å². The van der Waals surface area contributed by atoms with Crippen molar-refractivity contribution in [1.82, 2.24) is 15.0 Å². The van der Waals surface area contributed by atoms with Crippen LogP contribution in [0.15, 0.2) is 40.9 Å². The lowest BCUT2D eigenvalue weighted by atomic mass is 9.91. The molecule has 258 valence electrons. The molecule has 1 saturated heterocycles. The van der Waals surface area contributed by atoms with Gasteiger partial charge in [0.15, 0.2) is 17.1 Å². The van der Waals surface area contributed by atoms with Crippen LogP contribution in [0.1, 0.15) is 103 Å². The van der Waals surface area contributed by atoms with Crippen molar-refractivity contribution in [2.24, 2.45) is 0 Å². The number of piperidine rings is 1. The molecule has 3 aliphatic heterocycles. The molecule has 2 bridgehead atoms. The number of amides is 2. The first kappa shape index (κ1) is 34.0. The number of rotatable bonds is 13. The average Bonchev–Trinajstić information content (AvgIpc) is 3.61. The normalized spacial score (nSPS) is 17.4. The molecule has 12 nitrogen and oxygen atoms in total. The standard InChI is InChI=1S/C36H38FN3O9/c1-2-3-4-5-6-7-8-9-28(41)47-33-27-21-25-31(34(33)48-30(43)13-12-29(42)46-27)36(45)40(35(25)44)19-18-39-16-14-22(15-17-39)32-24-11-10-23(37)20-26(24)49-38-32/h10-13,20-22H,2-9,14-19H2,1H3/b13-12+. The Kier molecular flexibility index (Phi) is 10.5. The van der Waals surface area contributed by atoms with E-state index in [1.807, 2.05) is 0 Å². The van der Waals surface area contributed by atoms with Gasteiger partial charge in [-0.15, -0.1) is 0 Å². The second kappa shape index (κ2) is 15.1. The Hall–Kier alpha value is -4.91. The number of fused-ring (bicyclic) bond motifs is 5. The summed E-state index contributed by atoms with van der Waals surface area (Å²) in [7, 11) is 0. The Morgan fingerprint density at radius 1 is 0.918 bits per heavy atom. The maximum absolute atomic E-state index is 13.7. The summed E-state index contributed by atoms with van der Waals surface area (Å²) in [4.78, 5) is 68.4. The molecule has 2 amide bonds. The molecule has 6 rings (SSSR count). The number of hydrogen-bond acceptors (Lipinski definition) is 11. The Bertz CT molecular complexity index is 1810. The first-order valence-corrected chi connectivity index (χ1v) is 16.9. The minimum absolute atomic E-state index is 0.0406. The summed E-state index contributed by atoms with van der Waals surface area (Å²) in [6.07, 6.45) is 10.1. The van der Waals surface area contributed by atoms with Gasteiger partial charge in [-0.1, -0.05) is 50.6 Å². The van der Waals surface area contributed by atoms with Gasteiger partial charge in [0.05, 0.1) is 16.8 Å². The first-order chi connectivity index (χ1) is 23.7.